The van der Waals surface area contributed by atoms with Gasteiger partial charge in [0.25, 0.3) is 0 Å². The van der Waals surface area contributed by atoms with Gasteiger partial charge in [-0.2, -0.15) is 8.78 Å². The number of hydrogen-bond donors (Lipinski definition) is 0. The van der Waals surface area contributed by atoms with Crippen LogP contribution < -0.4 is 4.74 Å². The smallest absolute Gasteiger partial charge is 0.319 e. The van der Waals surface area contributed by atoms with Crippen LogP contribution in [0.5, 0.6) is 5.75 Å². The van der Waals surface area contributed by atoms with Crippen LogP contribution in [0.1, 0.15) is 12.4 Å². The first-order valence-corrected chi connectivity index (χ1v) is 8.05. The first kappa shape index (κ1) is 16.4. The Bertz CT molecular complexity index is 833. The van der Waals surface area contributed by atoms with Crippen LogP contribution in [-0.4, -0.2) is 31.4 Å². The van der Waals surface area contributed by atoms with Crippen molar-refractivity contribution in [2.75, 3.05) is 7.11 Å². The number of alkyl halides is 2. The highest BCUT2D eigenvalue weighted by molar-refractivity contribution is 7.98. The highest BCUT2D eigenvalue weighted by Gasteiger charge is 2.17. The van der Waals surface area contributed by atoms with Crippen molar-refractivity contribution in [2.45, 2.75) is 17.5 Å². The van der Waals surface area contributed by atoms with Crippen LogP contribution >= 0.6 is 11.8 Å². The average Bonchev–Trinajstić information content (AvgIpc) is 3.19. The third-order valence-corrected chi connectivity index (χ3v) is 4.49. The van der Waals surface area contributed by atoms with E-state index in [1.165, 1.54) is 24.2 Å². The molecule has 9 heteroatoms. The Morgan fingerprint density at radius 1 is 1.25 bits per heavy atom. The molecular formula is C15H15F2N5OS. The number of nitrogens with zero attached hydrogens (tertiary/aromatic N) is 5. The van der Waals surface area contributed by atoms with Gasteiger partial charge in [0.15, 0.2) is 11.0 Å². The lowest BCUT2D eigenvalue weighted by Crippen LogP contribution is -2.03. The van der Waals surface area contributed by atoms with E-state index in [2.05, 4.69) is 15.2 Å². The molecule has 0 aliphatic carbocycles. The number of methoxy groups -OCH3 is 1. The molecular weight excluding hydrogens is 336 g/mol. The zero-order chi connectivity index (χ0) is 17.1. The third-order valence-electron chi connectivity index (χ3n) is 3.47. The number of benzene rings is 1. The summed E-state index contributed by atoms with van der Waals surface area (Å²) >= 11 is 1.30. The zero-order valence-electron chi connectivity index (χ0n) is 13.1. The molecule has 2 aromatic heterocycles. The Kier molecular flexibility index (Phi) is 4.79. The van der Waals surface area contributed by atoms with E-state index in [9.17, 15) is 8.78 Å². The van der Waals surface area contributed by atoms with Crippen molar-refractivity contribution in [1.82, 2.24) is 24.3 Å². The lowest BCUT2D eigenvalue weighted by Gasteiger charge is -2.08. The number of ether oxygens (including phenoxy) is 1. The standard InChI is InChI=1S/C15H15F2N5OS/c1-21-13(10-5-3-4-6-11(10)23-2)19-20-15(21)24-9-12-18-7-8-22(12)14(16)17/h3-8,14H,9H2,1-2H3. The Hall–Kier alpha value is -2.42. The van der Waals surface area contributed by atoms with Crippen molar-refractivity contribution >= 4 is 11.8 Å². The molecule has 2 heterocycles. The van der Waals surface area contributed by atoms with Crippen LogP contribution in [0.4, 0.5) is 8.78 Å². The maximum Gasteiger partial charge on any atom is 0.319 e. The van der Waals surface area contributed by atoms with E-state index < -0.39 is 6.55 Å². The molecule has 0 saturated carbocycles. The molecule has 0 atom stereocenters. The first-order chi connectivity index (χ1) is 11.6. The molecule has 0 aliphatic heterocycles. The van der Waals surface area contributed by atoms with Crippen LogP contribution in [0.25, 0.3) is 11.4 Å². The van der Waals surface area contributed by atoms with E-state index in [0.29, 0.717) is 16.7 Å². The maximum absolute atomic E-state index is 12.8. The van der Waals surface area contributed by atoms with Crippen molar-refractivity contribution < 1.29 is 13.5 Å². The molecule has 0 unspecified atom stereocenters. The predicted molar refractivity (Wildman–Crippen MR) is 86.0 cm³/mol. The second kappa shape index (κ2) is 7.00. The SMILES string of the molecule is COc1ccccc1-c1nnc(SCc2nccn2C(F)F)n1C. The number of imidazole rings is 1. The minimum Gasteiger partial charge on any atom is -0.496 e. The van der Waals surface area contributed by atoms with Crippen molar-refractivity contribution in [1.29, 1.82) is 0 Å². The van der Waals surface area contributed by atoms with Gasteiger partial charge in [-0.3, -0.25) is 4.57 Å². The fourth-order valence-electron chi connectivity index (χ4n) is 2.27. The molecule has 3 rings (SSSR count). The van der Waals surface area contributed by atoms with Gasteiger partial charge in [-0.15, -0.1) is 10.2 Å². The third kappa shape index (κ3) is 3.12. The first-order valence-electron chi connectivity index (χ1n) is 7.07. The Morgan fingerprint density at radius 3 is 2.79 bits per heavy atom. The van der Waals surface area contributed by atoms with E-state index in [1.807, 2.05) is 31.3 Å². The van der Waals surface area contributed by atoms with E-state index in [4.69, 9.17) is 4.74 Å². The maximum atomic E-state index is 12.8. The fraction of sp³-hybridized carbons (Fsp3) is 0.267. The average molecular weight is 351 g/mol. The number of thioether (sulfide) groups is 1. The second-order valence-corrected chi connectivity index (χ2v) is 5.83. The van der Waals surface area contributed by atoms with Crippen molar-refractivity contribution in [3.63, 3.8) is 0 Å². The summed E-state index contributed by atoms with van der Waals surface area (Å²) < 4.78 is 33.7. The molecule has 24 heavy (non-hydrogen) atoms. The largest absolute Gasteiger partial charge is 0.496 e. The second-order valence-electron chi connectivity index (χ2n) is 4.88. The van der Waals surface area contributed by atoms with E-state index in [0.717, 1.165) is 10.1 Å². The summed E-state index contributed by atoms with van der Waals surface area (Å²) in [4.78, 5) is 3.96. The minimum atomic E-state index is -2.60. The lowest BCUT2D eigenvalue weighted by molar-refractivity contribution is 0.0678. The van der Waals surface area contributed by atoms with Gasteiger partial charge >= 0.3 is 6.55 Å². The highest BCUT2D eigenvalue weighted by Crippen LogP contribution is 2.30. The van der Waals surface area contributed by atoms with Gasteiger partial charge < -0.3 is 9.30 Å². The summed E-state index contributed by atoms with van der Waals surface area (Å²) in [6.45, 7) is -2.60. The molecule has 0 radical (unpaired) electrons. The van der Waals surface area contributed by atoms with Gasteiger partial charge in [0.1, 0.15) is 11.6 Å². The molecule has 0 bridgehead atoms. The zero-order valence-corrected chi connectivity index (χ0v) is 13.9. The van der Waals surface area contributed by atoms with Gasteiger partial charge in [0.05, 0.1) is 18.4 Å². The van der Waals surface area contributed by atoms with Crippen molar-refractivity contribution in [3.05, 3.63) is 42.5 Å². The molecule has 0 amide bonds. The number of para-hydroxylation sites is 1. The predicted octanol–water partition coefficient (Wildman–Crippen LogP) is 3.37. The molecule has 0 aliphatic rings. The molecule has 0 saturated heterocycles. The Balaban J connectivity index is 1.82. The van der Waals surface area contributed by atoms with Gasteiger partial charge in [0.2, 0.25) is 0 Å². The van der Waals surface area contributed by atoms with Crippen LogP contribution in [0.15, 0.2) is 41.8 Å². The lowest BCUT2D eigenvalue weighted by atomic mass is 10.2. The van der Waals surface area contributed by atoms with Crippen LogP contribution in [0, 0.1) is 0 Å². The minimum absolute atomic E-state index is 0.273. The summed E-state index contributed by atoms with van der Waals surface area (Å²) in [5.74, 6) is 1.90. The van der Waals surface area contributed by atoms with Gasteiger partial charge in [-0.25, -0.2) is 4.98 Å². The number of rotatable bonds is 6. The molecule has 0 N–H and O–H groups in total. The summed E-state index contributed by atoms with van der Waals surface area (Å²) in [6, 6.07) is 7.49. The number of hydrogen-bond acceptors (Lipinski definition) is 5. The van der Waals surface area contributed by atoms with Gasteiger partial charge in [0, 0.05) is 19.4 Å². The van der Waals surface area contributed by atoms with Crippen LogP contribution in [0.2, 0.25) is 0 Å². The molecule has 6 nitrogen and oxygen atoms in total. The van der Waals surface area contributed by atoms with Crippen molar-refractivity contribution in [3.8, 4) is 17.1 Å². The van der Waals surface area contributed by atoms with Crippen molar-refractivity contribution in [2.24, 2.45) is 7.05 Å². The summed E-state index contributed by atoms with van der Waals surface area (Å²) in [5.41, 5.74) is 0.816. The summed E-state index contributed by atoms with van der Waals surface area (Å²) in [6.07, 6.45) is 2.62. The monoisotopic (exact) mass is 351 g/mol. The van der Waals surface area contributed by atoms with Gasteiger partial charge in [-0.1, -0.05) is 23.9 Å². The summed E-state index contributed by atoms with van der Waals surface area (Å²) in [5, 5.41) is 8.94. The quantitative estimate of drug-likeness (QED) is 0.637. The Labute approximate surface area is 141 Å². The number of halogens is 2. The van der Waals surface area contributed by atoms with E-state index in [1.54, 1.807) is 11.7 Å². The highest BCUT2D eigenvalue weighted by atomic mass is 32.2. The topological polar surface area (TPSA) is 57.8 Å². The molecule has 126 valence electrons. The number of aromatic nitrogens is 5. The van der Waals surface area contributed by atoms with Crippen LogP contribution in [0.3, 0.4) is 0 Å². The van der Waals surface area contributed by atoms with E-state index in [-0.39, 0.29) is 11.6 Å². The Morgan fingerprint density at radius 2 is 2.04 bits per heavy atom. The molecule has 1 aromatic carbocycles. The fourth-order valence-corrected chi connectivity index (χ4v) is 3.13. The molecule has 3 aromatic rings. The normalized spacial score (nSPS) is 11.2. The van der Waals surface area contributed by atoms with Crippen LogP contribution in [-0.2, 0) is 12.8 Å². The molecule has 0 spiro atoms. The summed E-state index contributed by atoms with van der Waals surface area (Å²) in [7, 11) is 3.42. The van der Waals surface area contributed by atoms with E-state index >= 15 is 0 Å². The van der Waals surface area contributed by atoms with Gasteiger partial charge in [-0.05, 0) is 12.1 Å². The molecule has 0 fully saturated rings.